The molecule has 1 aromatic rings. The van der Waals surface area contributed by atoms with Crippen molar-refractivity contribution in [1.82, 2.24) is 5.43 Å². The van der Waals surface area contributed by atoms with E-state index in [-0.39, 0.29) is 0 Å². The third-order valence-electron chi connectivity index (χ3n) is 2.08. The highest BCUT2D eigenvalue weighted by Gasteiger charge is 2.09. The van der Waals surface area contributed by atoms with Crippen molar-refractivity contribution in [3.8, 4) is 0 Å². The highest BCUT2D eigenvalue weighted by molar-refractivity contribution is 9.10. The van der Waals surface area contributed by atoms with Crippen molar-refractivity contribution in [2.75, 3.05) is 11.5 Å². The number of thiophene rings is 1. The molecule has 1 aromatic heterocycles. The average molecular weight is 323 g/mol. The molecule has 0 radical (unpaired) electrons. The van der Waals surface area contributed by atoms with Crippen LogP contribution in [0.3, 0.4) is 0 Å². The lowest BCUT2D eigenvalue weighted by Crippen LogP contribution is -2.38. The van der Waals surface area contributed by atoms with Crippen LogP contribution in [0.5, 0.6) is 0 Å². The maximum Gasteiger partial charge on any atom is 0.0349 e. The molecule has 1 unspecified atom stereocenters. The fourth-order valence-corrected chi connectivity index (χ4v) is 3.95. The quantitative estimate of drug-likeness (QED) is 0.597. The zero-order valence-electron chi connectivity index (χ0n) is 9.70. The molecule has 0 spiro atoms. The summed E-state index contributed by atoms with van der Waals surface area (Å²) in [5.74, 6) is 8.60. The predicted molar refractivity (Wildman–Crippen MR) is 79.0 cm³/mol. The second-order valence-corrected chi connectivity index (χ2v) is 7.22. The van der Waals surface area contributed by atoms with E-state index in [0.717, 1.165) is 22.6 Å². The van der Waals surface area contributed by atoms with Gasteiger partial charge in [-0.25, -0.2) is 0 Å². The van der Waals surface area contributed by atoms with Crippen LogP contribution in [0, 0.1) is 5.92 Å². The Morgan fingerprint density at radius 3 is 2.75 bits per heavy atom. The molecule has 0 aliphatic carbocycles. The number of hydrogen-bond acceptors (Lipinski definition) is 4. The van der Waals surface area contributed by atoms with Crippen LogP contribution in [0.4, 0.5) is 0 Å². The van der Waals surface area contributed by atoms with Gasteiger partial charge in [0.05, 0.1) is 0 Å². The van der Waals surface area contributed by atoms with E-state index in [2.05, 4.69) is 46.6 Å². The normalized spacial score (nSPS) is 13.3. The molecule has 0 aliphatic rings. The van der Waals surface area contributed by atoms with Crippen LogP contribution in [0.25, 0.3) is 0 Å². The number of thioether (sulfide) groups is 1. The van der Waals surface area contributed by atoms with Crippen LogP contribution in [0.1, 0.15) is 18.7 Å². The summed E-state index contributed by atoms with van der Waals surface area (Å²) in [7, 11) is 0. The summed E-state index contributed by atoms with van der Waals surface area (Å²) in [4.78, 5) is 1.37. The summed E-state index contributed by atoms with van der Waals surface area (Å²) in [5.41, 5.74) is 2.90. The van der Waals surface area contributed by atoms with Crippen LogP contribution in [-0.4, -0.2) is 17.5 Å². The number of hydrazine groups is 1. The monoisotopic (exact) mass is 322 g/mol. The van der Waals surface area contributed by atoms with Gasteiger partial charge in [-0.2, -0.15) is 11.8 Å². The van der Waals surface area contributed by atoms with Crippen molar-refractivity contribution in [3.63, 3.8) is 0 Å². The van der Waals surface area contributed by atoms with Crippen LogP contribution >= 0.6 is 39.0 Å². The minimum Gasteiger partial charge on any atom is -0.271 e. The molecule has 1 atom stereocenters. The Labute approximate surface area is 114 Å². The molecule has 0 saturated carbocycles. The van der Waals surface area contributed by atoms with Gasteiger partial charge in [0, 0.05) is 26.5 Å². The lowest BCUT2D eigenvalue weighted by atomic mass is 10.2. The number of halogens is 1. The van der Waals surface area contributed by atoms with Gasteiger partial charge in [-0.3, -0.25) is 11.3 Å². The first-order valence-corrected chi connectivity index (χ1v) is 8.21. The fourth-order valence-electron chi connectivity index (χ4n) is 1.32. The molecule has 92 valence electrons. The van der Waals surface area contributed by atoms with Gasteiger partial charge in [0.1, 0.15) is 0 Å². The first kappa shape index (κ1) is 14.5. The highest BCUT2D eigenvalue weighted by Crippen LogP contribution is 2.21. The molecule has 1 rings (SSSR count). The van der Waals surface area contributed by atoms with E-state index >= 15 is 0 Å². The lowest BCUT2D eigenvalue weighted by molar-refractivity contribution is 0.578. The summed E-state index contributed by atoms with van der Waals surface area (Å²) in [6.45, 7) is 4.49. The second-order valence-electron chi connectivity index (χ2n) is 4.23. The van der Waals surface area contributed by atoms with E-state index in [0.29, 0.717) is 6.04 Å². The van der Waals surface area contributed by atoms with E-state index in [1.54, 1.807) is 11.3 Å². The number of nitrogens with two attached hydrogens (primary N) is 1. The molecule has 0 amide bonds. The van der Waals surface area contributed by atoms with Crippen LogP contribution < -0.4 is 11.3 Å². The number of nitrogens with one attached hydrogen (secondary N) is 1. The molecular weight excluding hydrogens is 304 g/mol. The van der Waals surface area contributed by atoms with Crippen LogP contribution in [0.2, 0.25) is 0 Å². The summed E-state index contributed by atoms with van der Waals surface area (Å²) in [6.07, 6.45) is 1.01. The van der Waals surface area contributed by atoms with Crippen molar-refractivity contribution in [2.24, 2.45) is 11.8 Å². The van der Waals surface area contributed by atoms with E-state index in [9.17, 15) is 0 Å². The van der Waals surface area contributed by atoms with E-state index in [1.807, 2.05) is 11.8 Å². The maximum absolute atomic E-state index is 5.57. The topological polar surface area (TPSA) is 38.0 Å². The smallest absolute Gasteiger partial charge is 0.0349 e. The molecule has 2 nitrogen and oxygen atoms in total. The Balaban J connectivity index is 2.31. The average Bonchev–Trinajstić information content (AvgIpc) is 2.62. The van der Waals surface area contributed by atoms with Crippen molar-refractivity contribution in [3.05, 3.63) is 20.8 Å². The summed E-state index contributed by atoms with van der Waals surface area (Å²) >= 11 is 7.22. The molecule has 0 saturated heterocycles. The molecule has 1 heterocycles. The lowest BCUT2D eigenvalue weighted by Gasteiger charge is -2.15. The van der Waals surface area contributed by atoms with Crippen LogP contribution in [-0.2, 0) is 6.42 Å². The van der Waals surface area contributed by atoms with E-state index < -0.39 is 0 Å². The molecule has 5 heteroatoms. The van der Waals surface area contributed by atoms with Crippen LogP contribution in [0.15, 0.2) is 15.9 Å². The predicted octanol–water partition coefficient (Wildman–Crippen LogP) is 3.27. The Morgan fingerprint density at radius 1 is 1.50 bits per heavy atom. The highest BCUT2D eigenvalue weighted by atomic mass is 79.9. The molecule has 0 aromatic carbocycles. The number of hydrogen-bond donors (Lipinski definition) is 2. The van der Waals surface area contributed by atoms with Crippen molar-refractivity contribution in [2.45, 2.75) is 26.3 Å². The van der Waals surface area contributed by atoms with Gasteiger partial charge in [0.25, 0.3) is 0 Å². The Morgan fingerprint density at radius 2 is 2.25 bits per heavy atom. The summed E-state index contributed by atoms with van der Waals surface area (Å²) in [5, 5.41) is 2.12. The molecular formula is C11H19BrN2S2. The Kier molecular flexibility index (Phi) is 7.00. The van der Waals surface area contributed by atoms with Gasteiger partial charge in [-0.15, -0.1) is 11.3 Å². The summed E-state index contributed by atoms with van der Waals surface area (Å²) in [6, 6.07) is 2.54. The van der Waals surface area contributed by atoms with Gasteiger partial charge in [0.15, 0.2) is 0 Å². The minimum atomic E-state index is 0.370. The second kappa shape index (κ2) is 7.71. The number of rotatable bonds is 7. The fraction of sp³-hybridized carbons (Fsp3) is 0.636. The van der Waals surface area contributed by atoms with E-state index in [1.165, 1.54) is 10.6 Å². The molecule has 0 aliphatic heterocycles. The molecule has 16 heavy (non-hydrogen) atoms. The van der Waals surface area contributed by atoms with Crippen molar-refractivity contribution < 1.29 is 0 Å². The Hall–Kier alpha value is 0.450. The molecule has 0 bridgehead atoms. The van der Waals surface area contributed by atoms with Gasteiger partial charge in [-0.05, 0) is 40.1 Å². The SMILES string of the molecule is CC(C)CSCC(Cc1cc(Br)cs1)NN. The minimum absolute atomic E-state index is 0.370. The first-order chi connectivity index (χ1) is 7.61. The summed E-state index contributed by atoms with van der Waals surface area (Å²) < 4.78 is 1.16. The zero-order valence-corrected chi connectivity index (χ0v) is 12.9. The van der Waals surface area contributed by atoms with Gasteiger partial charge >= 0.3 is 0 Å². The third-order valence-corrected chi connectivity index (χ3v) is 5.34. The van der Waals surface area contributed by atoms with Gasteiger partial charge in [-0.1, -0.05) is 13.8 Å². The van der Waals surface area contributed by atoms with Gasteiger partial charge in [0.2, 0.25) is 0 Å². The zero-order chi connectivity index (χ0) is 12.0. The van der Waals surface area contributed by atoms with Crippen molar-refractivity contribution >= 4 is 39.0 Å². The first-order valence-electron chi connectivity index (χ1n) is 5.38. The Bertz CT molecular complexity index is 302. The molecule has 0 fully saturated rings. The van der Waals surface area contributed by atoms with Crippen molar-refractivity contribution in [1.29, 1.82) is 0 Å². The van der Waals surface area contributed by atoms with E-state index in [4.69, 9.17) is 5.84 Å². The third kappa shape index (κ3) is 5.68. The molecule has 3 N–H and O–H groups in total. The van der Waals surface area contributed by atoms with Gasteiger partial charge < -0.3 is 0 Å². The maximum atomic E-state index is 5.57. The largest absolute Gasteiger partial charge is 0.271 e. The standard InChI is InChI=1S/C11H19BrN2S2/c1-8(2)5-15-7-10(14-13)4-11-3-9(12)6-16-11/h3,6,8,10,14H,4-5,7,13H2,1-2H3.